The third kappa shape index (κ3) is 4.19. The van der Waals surface area contributed by atoms with E-state index < -0.39 is 0 Å². The average Bonchev–Trinajstić information content (AvgIpc) is 2.48. The fraction of sp³-hybridized carbons (Fsp3) is 0.692. The number of thiophene rings is 1. The summed E-state index contributed by atoms with van der Waals surface area (Å²) in [5.74, 6) is 0. The van der Waals surface area contributed by atoms with Crippen LogP contribution in [0.3, 0.4) is 0 Å². The molecule has 0 aliphatic heterocycles. The summed E-state index contributed by atoms with van der Waals surface area (Å²) in [7, 11) is 0. The first-order chi connectivity index (χ1) is 7.22. The van der Waals surface area contributed by atoms with E-state index in [0.29, 0.717) is 0 Å². The standard InChI is InChI=1S/C13H22BrNS/c1-12(2,3)15-7-6-13(4,5)10-8-16-9-11(10)14/h8-9,15H,6-7H2,1-5H3. The fourth-order valence-corrected chi connectivity index (χ4v) is 3.67. The second kappa shape index (κ2) is 5.19. The Morgan fingerprint density at radius 3 is 2.25 bits per heavy atom. The van der Waals surface area contributed by atoms with Crippen molar-refractivity contribution in [2.75, 3.05) is 6.54 Å². The molecule has 1 N–H and O–H groups in total. The van der Waals surface area contributed by atoms with E-state index in [2.05, 4.69) is 66.6 Å². The highest BCUT2D eigenvalue weighted by Gasteiger charge is 2.24. The average molecular weight is 304 g/mol. The van der Waals surface area contributed by atoms with Gasteiger partial charge >= 0.3 is 0 Å². The van der Waals surface area contributed by atoms with Gasteiger partial charge in [-0.3, -0.25) is 0 Å². The normalized spacial score (nSPS) is 13.1. The van der Waals surface area contributed by atoms with Crippen LogP contribution in [0.5, 0.6) is 0 Å². The van der Waals surface area contributed by atoms with Crippen molar-refractivity contribution in [2.24, 2.45) is 0 Å². The fourth-order valence-electron chi connectivity index (χ4n) is 1.65. The van der Waals surface area contributed by atoms with E-state index in [0.717, 1.165) is 13.0 Å². The molecule has 0 unspecified atom stereocenters. The van der Waals surface area contributed by atoms with Crippen molar-refractivity contribution in [2.45, 2.75) is 52.0 Å². The lowest BCUT2D eigenvalue weighted by atomic mass is 9.83. The first-order valence-electron chi connectivity index (χ1n) is 5.69. The van der Waals surface area contributed by atoms with Gasteiger partial charge in [-0.05, 0) is 66.0 Å². The summed E-state index contributed by atoms with van der Waals surface area (Å²) in [5.41, 5.74) is 1.87. The topological polar surface area (TPSA) is 12.0 Å². The van der Waals surface area contributed by atoms with E-state index in [4.69, 9.17) is 0 Å². The number of nitrogens with one attached hydrogen (secondary N) is 1. The van der Waals surface area contributed by atoms with E-state index in [9.17, 15) is 0 Å². The molecule has 1 rings (SSSR count). The minimum atomic E-state index is 0.210. The molecule has 92 valence electrons. The van der Waals surface area contributed by atoms with Gasteiger partial charge in [-0.25, -0.2) is 0 Å². The van der Waals surface area contributed by atoms with Gasteiger partial charge in [0.05, 0.1) is 0 Å². The van der Waals surface area contributed by atoms with Gasteiger partial charge in [-0.2, -0.15) is 11.3 Å². The molecule has 0 atom stereocenters. The first-order valence-corrected chi connectivity index (χ1v) is 7.43. The zero-order valence-electron chi connectivity index (χ0n) is 10.9. The van der Waals surface area contributed by atoms with Crippen molar-refractivity contribution in [3.05, 3.63) is 20.8 Å². The summed E-state index contributed by atoms with van der Waals surface area (Å²) in [4.78, 5) is 0. The Bertz CT molecular complexity index is 336. The first kappa shape index (κ1) is 14.2. The molecule has 1 nitrogen and oxygen atoms in total. The van der Waals surface area contributed by atoms with Crippen LogP contribution in [0.4, 0.5) is 0 Å². The Morgan fingerprint density at radius 2 is 1.81 bits per heavy atom. The molecule has 0 amide bonds. The second-order valence-corrected chi connectivity index (χ2v) is 7.54. The molecule has 3 heteroatoms. The van der Waals surface area contributed by atoms with Crippen molar-refractivity contribution in [3.8, 4) is 0 Å². The second-order valence-electron chi connectivity index (χ2n) is 5.94. The van der Waals surface area contributed by atoms with Crippen molar-refractivity contribution in [1.82, 2.24) is 5.32 Å². The maximum absolute atomic E-state index is 3.62. The minimum Gasteiger partial charge on any atom is -0.312 e. The molecule has 0 aliphatic rings. The Labute approximate surface area is 112 Å². The lowest BCUT2D eigenvalue weighted by Crippen LogP contribution is -2.38. The van der Waals surface area contributed by atoms with Gasteiger partial charge < -0.3 is 5.32 Å². The predicted molar refractivity (Wildman–Crippen MR) is 77.4 cm³/mol. The molecule has 16 heavy (non-hydrogen) atoms. The van der Waals surface area contributed by atoms with Crippen LogP contribution >= 0.6 is 27.3 Å². The maximum atomic E-state index is 3.62. The zero-order chi connectivity index (χ0) is 12.4. The smallest absolute Gasteiger partial charge is 0.0319 e. The third-order valence-electron chi connectivity index (χ3n) is 2.75. The molecule has 1 aromatic rings. The summed E-state index contributed by atoms with van der Waals surface area (Å²) in [6.07, 6.45) is 1.15. The molecule has 0 bridgehead atoms. The van der Waals surface area contributed by atoms with Gasteiger partial charge in [0.1, 0.15) is 0 Å². The molecule has 0 saturated heterocycles. The van der Waals surface area contributed by atoms with Gasteiger partial charge in [0.15, 0.2) is 0 Å². The summed E-state index contributed by atoms with van der Waals surface area (Å²) in [5, 5.41) is 7.96. The van der Waals surface area contributed by atoms with E-state index in [1.807, 2.05) is 0 Å². The lowest BCUT2D eigenvalue weighted by Gasteiger charge is -2.28. The minimum absolute atomic E-state index is 0.210. The Hall–Kier alpha value is 0.140. The van der Waals surface area contributed by atoms with Crippen LogP contribution < -0.4 is 5.32 Å². The summed E-state index contributed by atoms with van der Waals surface area (Å²) in [6.45, 7) is 12.3. The SMILES string of the molecule is CC(C)(C)NCCC(C)(C)c1cscc1Br. The van der Waals surface area contributed by atoms with E-state index >= 15 is 0 Å². The lowest BCUT2D eigenvalue weighted by molar-refractivity contribution is 0.379. The van der Waals surface area contributed by atoms with Crippen LogP contribution in [-0.4, -0.2) is 12.1 Å². The molecule has 0 aliphatic carbocycles. The van der Waals surface area contributed by atoms with E-state index in [1.165, 1.54) is 10.0 Å². The molecule has 1 heterocycles. The van der Waals surface area contributed by atoms with Gasteiger partial charge in [-0.1, -0.05) is 13.8 Å². The maximum Gasteiger partial charge on any atom is 0.0319 e. The summed E-state index contributed by atoms with van der Waals surface area (Å²) >= 11 is 5.39. The quantitative estimate of drug-likeness (QED) is 0.859. The van der Waals surface area contributed by atoms with Crippen molar-refractivity contribution < 1.29 is 0 Å². The summed E-state index contributed by atoms with van der Waals surface area (Å²) < 4.78 is 1.25. The third-order valence-corrected chi connectivity index (χ3v) is 4.45. The molecule has 0 saturated carbocycles. The number of hydrogen-bond donors (Lipinski definition) is 1. The highest BCUT2D eigenvalue weighted by Crippen LogP contribution is 2.35. The van der Waals surface area contributed by atoms with Crippen LogP contribution in [-0.2, 0) is 5.41 Å². The van der Waals surface area contributed by atoms with Crippen LogP contribution in [0, 0.1) is 0 Å². The Morgan fingerprint density at radius 1 is 1.19 bits per heavy atom. The van der Waals surface area contributed by atoms with Gasteiger partial charge in [-0.15, -0.1) is 0 Å². The van der Waals surface area contributed by atoms with E-state index in [1.54, 1.807) is 11.3 Å². The van der Waals surface area contributed by atoms with Crippen molar-refractivity contribution in [3.63, 3.8) is 0 Å². The molecule has 0 spiro atoms. The molecule has 1 aromatic heterocycles. The number of halogens is 1. The Kier molecular flexibility index (Phi) is 4.61. The number of rotatable bonds is 4. The zero-order valence-corrected chi connectivity index (χ0v) is 13.3. The van der Waals surface area contributed by atoms with Crippen LogP contribution in [0.15, 0.2) is 15.2 Å². The monoisotopic (exact) mass is 303 g/mol. The van der Waals surface area contributed by atoms with Crippen LogP contribution in [0.1, 0.15) is 46.6 Å². The largest absolute Gasteiger partial charge is 0.312 e. The Balaban J connectivity index is 2.56. The molecular formula is C13H22BrNS. The predicted octanol–water partition coefficient (Wildman–Crippen LogP) is 4.57. The van der Waals surface area contributed by atoms with Gasteiger partial charge in [0.2, 0.25) is 0 Å². The highest BCUT2D eigenvalue weighted by atomic mass is 79.9. The molecule has 0 fully saturated rings. The molecule has 0 radical (unpaired) electrons. The highest BCUT2D eigenvalue weighted by molar-refractivity contribution is 9.10. The van der Waals surface area contributed by atoms with Crippen molar-refractivity contribution >= 4 is 27.3 Å². The molecular weight excluding hydrogens is 282 g/mol. The van der Waals surface area contributed by atoms with Crippen LogP contribution in [0.2, 0.25) is 0 Å². The van der Waals surface area contributed by atoms with E-state index in [-0.39, 0.29) is 11.0 Å². The summed E-state index contributed by atoms with van der Waals surface area (Å²) in [6, 6.07) is 0. The number of hydrogen-bond acceptors (Lipinski definition) is 2. The molecule has 0 aromatic carbocycles. The van der Waals surface area contributed by atoms with Crippen molar-refractivity contribution in [1.29, 1.82) is 0 Å². The van der Waals surface area contributed by atoms with Crippen LogP contribution in [0.25, 0.3) is 0 Å². The van der Waals surface area contributed by atoms with Gasteiger partial charge in [0.25, 0.3) is 0 Å². The van der Waals surface area contributed by atoms with Gasteiger partial charge in [0, 0.05) is 15.4 Å².